The molecule has 1 N–H and O–H groups in total. The van der Waals surface area contributed by atoms with E-state index in [1.807, 2.05) is 43.3 Å². The van der Waals surface area contributed by atoms with Crippen LogP contribution in [-0.2, 0) is 14.3 Å². The molecule has 1 fully saturated rings. The van der Waals surface area contributed by atoms with Crippen LogP contribution in [0.3, 0.4) is 0 Å². The predicted molar refractivity (Wildman–Crippen MR) is 111 cm³/mol. The molecule has 1 aliphatic rings. The molecule has 3 rings (SSSR count). The maximum absolute atomic E-state index is 12.2. The minimum atomic E-state index is -0.409. The van der Waals surface area contributed by atoms with Crippen LogP contribution in [0.5, 0.6) is 5.75 Å². The van der Waals surface area contributed by atoms with Gasteiger partial charge in [0.05, 0.1) is 17.2 Å². The van der Waals surface area contributed by atoms with Gasteiger partial charge in [-0.3, -0.25) is 4.79 Å². The highest BCUT2D eigenvalue weighted by molar-refractivity contribution is 8.18. The summed E-state index contributed by atoms with van der Waals surface area (Å²) in [5, 5.41) is 3.32. The van der Waals surface area contributed by atoms with E-state index in [0.29, 0.717) is 22.4 Å². The van der Waals surface area contributed by atoms with Gasteiger partial charge >= 0.3 is 5.97 Å². The number of nitrogens with one attached hydrogen (secondary N) is 1. The van der Waals surface area contributed by atoms with E-state index >= 15 is 0 Å². The molecular formula is C21H20N2O4S. The Morgan fingerprint density at radius 2 is 1.86 bits per heavy atom. The lowest BCUT2D eigenvalue weighted by molar-refractivity contribution is -0.145. The smallest absolute Gasteiger partial charge is 0.344 e. The highest BCUT2D eigenvalue weighted by atomic mass is 32.2. The molecule has 0 spiro atoms. The van der Waals surface area contributed by atoms with Crippen molar-refractivity contribution in [3.8, 4) is 5.75 Å². The van der Waals surface area contributed by atoms with E-state index < -0.39 is 5.97 Å². The molecule has 1 saturated heterocycles. The third kappa shape index (κ3) is 5.47. The van der Waals surface area contributed by atoms with Crippen LogP contribution in [-0.4, -0.2) is 30.3 Å². The largest absolute Gasteiger partial charge is 0.482 e. The number of carbonyl (C=O) groups is 2. The number of aliphatic imine (C=N–C) groups is 1. The molecule has 1 aliphatic heterocycles. The van der Waals surface area contributed by atoms with Gasteiger partial charge in [0.2, 0.25) is 0 Å². The van der Waals surface area contributed by atoms with Crippen molar-refractivity contribution < 1.29 is 19.1 Å². The third-order valence-electron chi connectivity index (χ3n) is 3.76. The Balaban J connectivity index is 1.64. The summed E-state index contributed by atoms with van der Waals surface area (Å²) in [7, 11) is 0. The van der Waals surface area contributed by atoms with Gasteiger partial charge in [-0.2, -0.15) is 0 Å². The Morgan fingerprint density at radius 1 is 1.14 bits per heavy atom. The van der Waals surface area contributed by atoms with E-state index in [4.69, 9.17) is 9.47 Å². The zero-order valence-corrected chi connectivity index (χ0v) is 16.4. The number of rotatable bonds is 6. The van der Waals surface area contributed by atoms with E-state index in [1.54, 1.807) is 25.1 Å². The summed E-state index contributed by atoms with van der Waals surface area (Å²) in [5.74, 6) is -0.0352. The number of ether oxygens (including phenoxy) is 2. The number of amides is 1. The number of amidine groups is 1. The summed E-state index contributed by atoms with van der Waals surface area (Å²) >= 11 is 1.29. The summed E-state index contributed by atoms with van der Waals surface area (Å²) in [6.45, 7) is 3.94. The first kappa shape index (κ1) is 19.7. The van der Waals surface area contributed by atoms with Crippen molar-refractivity contribution in [1.29, 1.82) is 0 Å². The monoisotopic (exact) mass is 396 g/mol. The zero-order chi connectivity index (χ0) is 19.9. The van der Waals surface area contributed by atoms with Gasteiger partial charge in [-0.1, -0.05) is 29.8 Å². The molecule has 144 valence electrons. The summed E-state index contributed by atoms with van der Waals surface area (Å²) in [5.41, 5.74) is 2.79. The maximum atomic E-state index is 12.2. The number of hydrogen-bond donors (Lipinski definition) is 1. The number of esters is 1. The molecule has 1 heterocycles. The van der Waals surface area contributed by atoms with Crippen LogP contribution in [0.25, 0.3) is 6.08 Å². The number of aryl methyl sites for hydroxylation is 1. The maximum Gasteiger partial charge on any atom is 0.344 e. The summed E-state index contributed by atoms with van der Waals surface area (Å²) < 4.78 is 10.2. The Morgan fingerprint density at radius 3 is 2.54 bits per heavy atom. The van der Waals surface area contributed by atoms with Gasteiger partial charge in [0.25, 0.3) is 5.91 Å². The molecule has 0 aromatic heterocycles. The molecule has 0 aliphatic carbocycles. The second kappa shape index (κ2) is 9.23. The van der Waals surface area contributed by atoms with Crippen molar-refractivity contribution in [3.05, 3.63) is 64.6 Å². The van der Waals surface area contributed by atoms with Crippen molar-refractivity contribution in [2.24, 2.45) is 4.99 Å². The fraction of sp³-hybridized carbons (Fsp3) is 0.190. The van der Waals surface area contributed by atoms with Crippen LogP contribution in [0.1, 0.15) is 18.1 Å². The second-order valence-electron chi connectivity index (χ2n) is 5.98. The van der Waals surface area contributed by atoms with Gasteiger partial charge in [-0.05, 0) is 61.5 Å². The molecule has 1 amide bonds. The molecule has 0 bridgehead atoms. The van der Waals surface area contributed by atoms with Gasteiger partial charge in [0.15, 0.2) is 11.8 Å². The molecule has 28 heavy (non-hydrogen) atoms. The highest BCUT2D eigenvalue weighted by Gasteiger charge is 2.23. The van der Waals surface area contributed by atoms with Gasteiger partial charge in [-0.25, -0.2) is 9.79 Å². The first-order chi connectivity index (χ1) is 13.5. The Kier molecular flexibility index (Phi) is 6.49. The average molecular weight is 396 g/mol. The van der Waals surface area contributed by atoms with E-state index in [2.05, 4.69) is 10.3 Å². The van der Waals surface area contributed by atoms with Gasteiger partial charge < -0.3 is 14.8 Å². The van der Waals surface area contributed by atoms with Crippen LogP contribution in [0.15, 0.2) is 58.4 Å². The van der Waals surface area contributed by atoms with Gasteiger partial charge in [-0.15, -0.1) is 0 Å². The van der Waals surface area contributed by atoms with Gasteiger partial charge in [0.1, 0.15) is 5.75 Å². The lowest BCUT2D eigenvalue weighted by atomic mass is 10.2. The van der Waals surface area contributed by atoms with Crippen LogP contribution >= 0.6 is 11.8 Å². The van der Waals surface area contributed by atoms with Crippen molar-refractivity contribution in [1.82, 2.24) is 5.32 Å². The highest BCUT2D eigenvalue weighted by Crippen LogP contribution is 2.28. The summed E-state index contributed by atoms with van der Waals surface area (Å²) in [4.78, 5) is 28.5. The van der Waals surface area contributed by atoms with Crippen molar-refractivity contribution >= 4 is 40.6 Å². The molecule has 0 unspecified atom stereocenters. The van der Waals surface area contributed by atoms with Crippen molar-refractivity contribution in [3.63, 3.8) is 0 Å². The molecular weight excluding hydrogens is 376 g/mol. The molecule has 0 saturated carbocycles. The lowest BCUT2D eigenvalue weighted by Crippen LogP contribution is -2.19. The average Bonchev–Trinajstić information content (AvgIpc) is 3.02. The fourth-order valence-corrected chi connectivity index (χ4v) is 3.22. The number of carbonyl (C=O) groups excluding carboxylic acids is 2. The van der Waals surface area contributed by atoms with Crippen molar-refractivity contribution in [2.45, 2.75) is 13.8 Å². The normalized spacial score (nSPS) is 16.3. The van der Waals surface area contributed by atoms with E-state index in [9.17, 15) is 9.59 Å². The molecule has 7 heteroatoms. The molecule has 2 aromatic carbocycles. The Hall–Kier alpha value is -3.06. The standard InChI is InChI=1S/C21H20N2O4S/c1-3-26-19(24)13-27-17-10-6-15(7-11-17)12-18-20(25)23-21(28-18)22-16-8-4-14(2)5-9-16/h4-12H,3,13H2,1-2H3,(H,22,23,25)/b18-12-. The second-order valence-corrected chi connectivity index (χ2v) is 7.01. The predicted octanol–water partition coefficient (Wildman–Crippen LogP) is 3.83. The van der Waals surface area contributed by atoms with Crippen LogP contribution < -0.4 is 10.1 Å². The molecule has 2 aromatic rings. The summed E-state index contributed by atoms with van der Waals surface area (Å²) in [6, 6.07) is 14.9. The van der Waals surface area contributed by atoms with Crippen LogP contribution in [0.2, 0.25) is 0 Å². The van der Waals surface area contributed by atoms with E-state index in [1.165, 1.54) is 11.8 Å². The summed E-state index contributed by atoms with van der Waals surface area (Å²) in [6.07, 6.45) is 1.78. The zero-order valence-electron chi connectivity index (χ0n) is 15.6. The van der Waals surface area contributed by atoms with Crippen molar-refractivity contribution in [2.75, 3.05) is 13.2 Å². The van der Waals surface area contributed by atoms with E-state index in [-0.39, 0.29) is 12.5 Å². The first-order valence-corrected chi connectivity index (χ1v) is 9.60. The SMILES string of the molecule is CCOC(=O)COc1ccc(/C=C2\SC(=Nc3ccc(C)cc3)NC2=O)cc1. The molecule has 0 atom stereocenters. The quantitative estimate of drug-likeness (QED) is 0.593. The fourth-order valence-electron chi connectivity index (χ4n) is 2.37. The minimum absolute atomic E-state index is 0.134. The van der Waals surface area contributed by atoms with Crippen LogP contribution in [0.4, 0.5) is 5.69 Å². The van der Waals surface area contributed by atoms with Crippen LogP contribution in [0, 0.1) is 6.92 Å². The molecule has 6 nitrogen and oxygen atoms in total. The Labute approximate surface area is 167 Å². The Bertz CT molecular complexity index is 918. The molecule has 0 radical (unpaired) electrons. The van der Waals surface area contributed by atoms with E-state index in [0.717, 1.165) is 16.8 Å². The third-order valence-corrected chi connectivity index (χ3v) is 4.67. The number of nitrogens with zero attached hydrogens (tertiary/aromatic N) is 1. The number of benzene rings is 2. The number of thioether (sulfide) groups is 1. The first-order valence-electron chi connectivity index (χ1n) is 8.78. The minimum Gasteiger partial charge on any atom is -0.482 e. The topological polar surface area (TPSA) is 77.0 Å². The number of hydrogen-bond acceptors (Lipinski definition) is 6. The van der Waals surface area contributed by atoms with Gasteiger partial charge in [0, 0.05) is 0 Å². The lowest BCUT2D eigenvalue weighted by Gasteiger charge is -2.05.